The summed E-state index contributed by atoms with van der Waals surface area (Å²) < 4.78 is 17.2. The van der Waals surface area contributed by atoms with Crippen LogP contribution in [0.5, 0.6) is 0 Å². The van der Waals surface area contributed by atoms with Crippen LogP contribution in [-0.4, -0.2) is 32.5 Å². The van der Waals surface area contributed by atoms with E-state index in [1.54, 1.807) is 0 Å². The highest BCUT2D eigenvalue weighted by Crippen LogP contribution is 2.41. The van der Waals surface area contributed by atoms with E-state index in [9.17, 15) is 0 Å². The van der Waals surface area contributed by atoms with E-state index in [-0.39, 0.29) is 5.60 Å². The van der Waals surface area contributed by atoms with Crippen molar-refractivity contribution in [3.8, 4) is 0 Å². The molecular formula is C16H25NO3. The summed E-state index contributed by atoms with van der Waals surface area (Å²) in [5.41, 5.74) is 1.28. The summed E-state index contributed by atoms with van der Waals surface area (Å²) >= 11 is 0. The molecule has 2 aliphatic heterocycles. The summed E-state index contributed by atoms with van der Waals surface area (Å²) in [6.45, 7) is 4.58. The molecule has 0 aliphatic carbocycles. The fraction of sp³-hybridized carbons (Fsp3) is 0.750. The first-order valence-corrected chi connectivity index (χ1v) is 7.73. The van der Waals surface area contributed by atoms with Gasteiger partial charge in [0, 0.05) is 37.7 Å². The molecule has 3 heterocycles. The highest BCUT2D eigenvalue weighted by molar-refractivity contribution is 5.23. The second-order valence-corrected chi connectivity index (χ2v) is 6.01. The zero-order valence-electron chi connectivity index (χ0n) is 12.5. The molecule has 0 amide bonds. The summed E-state index contributed by atoms with van der Waals surface area (Å²) in [6, 6.07) is 2.47. The Morgan fingerprint density at radius 3 is 3.05 bits per heavy atom. The first-order valence-electron chi connectivity index (χ1n) is 7.73. The normalized spacial score (nSPS) is 31.8. The van der Waals surface area contributed by atoms with Crippen molar-refractivity contribution in [1.82, 2.24) is 5.32 Å². The molecule has 4 heteroatoms. The van der Waals surface area contributed by atoms with E-state index in [4.69, 9.17) is 13.9 Å². The number of ether oxygens (including phenoxy) is 2. The van der Waals surface area contributed by atoms with Crippen molar-refractivity contribution >= 4 is 0 Å². The monoisotopic (exact) mass is 279 g/mol. The van der Waals surface area contributed by atoms with Crippen LogP contribution in [0.3, 0.4) is 0 Å². The number of hydrogen-bond donors (Lipinski definition) is 1. The number of furan rings is 1. The lowest BCUT2D eigenvalue weighted by atomic mass is 9.79. The van der Waals surface area contributed by atoms with E-state index in [1.807, 2.05) is 13.3 Å². The summed E-state index contributed by atoms with van der Waals surface area (Å²) in [5.74, 6) is 1.69. The Kier molecular flexibility index (Phi) is 4.15. The molecule has 1 aromatic heterocycles. The molecule has 3 atom stereocenters. The van der Waals surface area contributed by atoms with E-state index in [1.165, 1.54) is 5.56 Å². The molecule has 0 saturated carbocycles. The van der Waals surface area contributed by atoms with Crippen molar-refractivity contribution in [3.05, 3.63) is 23.7 Å². The molecule has 0 radical (unpaired) electrons. The van der Waals surface area contributed by atoms with Crippen LogP contribution in [-0.2, 0) is 15.9 Å². The molecule has 4 nitrogen and oxygen atoms in total. The van der Waals surface area contributed by atoms with E-state index >= 15 is 0 Å². The standard InChI is InChI=1S/C16H25NO3/c1-3-14-13(5-7-19-14)15(17-2)12-4-8-20-16(10-12)6-9-18-11-16/h5,7,12,15,17H,3-4,6,8-11H2,1-2H3. The lowest BCUT2D eigenvalue weighted by Crippen LogP contribution is -2.43. The largest absolute Gasteiger partial charge is 0.469 e. The molecule has 1 N–H and O–H groups in total. The molecule has 0 bridgehead atoms. The Balaban J connectivity index is 1.78. The Hall–Kier alpha value is -0.840. The molecule has 112 valence electrons. The maximum atomic E-state index is 6.05. The Morgan fingerprint density at radius 1 is 1.45 bits per heavy atom. The molecular weight excluding hydrogens is 254 g/mol. The number of hydrogen-bond acceptors (Lipinski definition) is 4. The zero-order valence-corrected chi connectivity index (χ0v) is 12.5. The van der Waals surface area contributed by atoms with E-state index < -0.39 is 0 Å². The van der Waals surface area contributed by atoms with E-state index in [0.717, 1.165) is 51.3 Å². The van der Waals surface area contributed by atoms with Crippen LogP contribution in [0, 0.1) is 5.92 Å². The Bertz CT molecular complexity index is 437. The Labute approximate surface area is 120 Å². The van der Waals surface area contributed by atoms with Crippen molar-refractivity contribution in [1.29, 1.82) is 0 Å². The summed E-state index contributed by atoms with van der Waals surface area (Å²) in [5, 5.41) is 3.50. The van der Waals surface area contributed by atoms with Gasteiger partial charge in [0.25, 0.3) is 0 Å². The van der Waals surface area contributed by atoms with E-state index in [0.29, 0.717) is 12.0 Å². The SMILES string of the molecule is CCc1occc1C(NC)C1CCOC2(CCOC2)C1. The topological polar surface area (TPSA) is 43.6 Å². The Morgan fingerprint density at radius 2 is 2.35 bits per heavy atom. The maximum Gasteiger partial charge on any atom is 0.108 e. The smallest absolute Gasteiger partial charge is 0.108 e. The third-order valence-corrected chi connectivity index (χ3v) is 4.82. The number of aryl methyl sites for hydroxylation is 1. The van der Waals surface area contributed by atoms with Gasteiger partial charge in [0.15, 0.2) is 0 Å². The van der Waals surface area contributed by atoms with Gasteiger partial charge in [-0.25, -0.2) is 0 Å². The van der Waals surface area contributed by atoms with Crippen molar-refractivity contribution in [2.45, 2.75) is 44.2 Å². The van der Waals surface area contributed by atoms with Gasteiger partial charge in [-0.3, -0.25) is 0 Å². The van der Waals surface area contributed by atoms with Gasteiger partial charge in [-0.1, -0.05) is 6.92 Å². The van der Waals surface area contributed by atoms with Gasteiger partial charge in [-0.15, -0.1) is 0 Å². The fourth-order valence-electron chi connectivity index (χ4n) is 3.77. The first-order chi connectivity index (χ1) is 9.78. The van der Waals surface area contributed by atoms with Crippen LogP contribution >= 0.6 is 0 Å². The van der Waals surface area contributed by atoms with Gasteiger partial charge in [-0.2, -0.15) is 0 Å². The lowest BCUT2D eigenvalue weighted by Gasteiger charge is -2.40. The maximum absolute atomic E-state index is 6.05. The van der Waals surface area contributed by atoms with Crippen LogP contribution in [0.15, 0.2) is 16.7 Å². The van der Waals surface area contributed by atoms with E-state index in [2.05, 4.69) is 18.3 Å². The summed E-state index contributed by atoms with van der Waals surface area (Å²) in [4.78, 5) is 0. The molecule has 2 fully saturated rings. The quantitative estimate of drug-likeness (QED) is 0.920. The average Bonchev–Trinajstić information content (AvgIpc) is 3.10. The van der Waals surface area contributed by atoms with Gasteiger partial charge < -0.3 is 19.2 Å². The van der Waals surface area contributed by atoms with Crippen LogP contribution in [0.25, 0.3) is 0 Å². The van der Waals surface area contributed by atoms with Crippen molar-refractivity contribution < 1.29 is 13.9 Å². The minimum Gasteiger partial charge on any atom is -0.469 e. The van der Waals surface area contributed by atoms with Gasteiger partial charge >= 0.3 is 0 Å². The third-order valence-electron chi connectivity index (χ3n) is 4.82. The van der Waals surface area contributed by atoms with Crippen molar-refractivity contribution in [2.24, 2.45) is 5.92 Å². The summed E-state index contributed by atoms with van der Waals surface area (Å²) in [7, 11) is 2.05. The predicted molar refractivity (Wildman–Crippen MR) is 76.7 cm³/mol. The second kappa shape index (κ2) is 5.88. The predicted octanol–water partition coefficient (Wildman–Crippen LogP) is 2.69. The molecule has 0 aromatic carbocycles. The first kappa shape index (κ1) is 14.1. The van der Waals surface area contributed by atoms with Gasteiger partial charge in [0.1, 0.15) is 5.76 Å². The van der Waals surface area contributed by atoms with Crippen LogP contribution in [0.4, 0.5) is 0 Å². The van der Waals surface area contributed by atoms with Crippen LogP contribution < -0.4 is 5.32 Å². The van der Waals surface area contributed by atoms with Crippen LogP contribution in [0.1, 0.15) is 43.6 Å². The molecule has 2 saturated heterocycles. The number of nitrogens with one attached hydrogen (secondary N) is 1. The van der Waals surface area contributed by atoms with Crippen molar-refractivity contribution in [2.75, 3.05) is 26.9 Å². The molecule has 1 aromatic rings. The third kappa shape index (κ3) is 2.52. The van der Waals surface area contributed by atoms with Crippen LogP contribution in [0.2, 0.25) is 0 Å². The molecule has 3 rings (SSSR count). The highest BCUT2D eigenvalue weighted by Gasteiger charge is 2.43. The second-order valence-electron chi connectivity index (χ2n) is 6.01. The average molecular weight is 279 g/mol. The highest BCUT2D eigenvalue weighted by atomic mass is 16.6. The minimum absolute atomic E-state index is 0.0336. The zero-order chi connectivity index (χ0) is 14.0. The van der Waals surface area contributed by atoms with Gasteiger partial charge in [-0.05, 0) is 31.9 Å². The summed E-state index contributed by atoms with van der Waals surface area (Å²) in [6.07, 6.45) is 5.96. The fourth-order valence-corrected chi connectivity index (χ4v) is 3.77. The molecule has 2 aliphatic rings. The van der Waals surface area contributed by atoms with Gasteiger partial charge in [0.2, 0.25) is 0 Å². The number of rotatable bonds is 4. The molecule has 1 spiro atoms. The molecule has 20 heavy (non-hydrogen) atoms. The van der Waals surface area contributed by atoms with Crippen molar-refractivity contribution in [3.63, 3.8) is 0 Å². The minimum atomic E-state index is -0.0336. The van der Waals surface area contributed by atoms with Gasteiger partial charge in [0.05, 0.1) is 18.5 Å². The lowest BCUT2D eigenvalue weighted by molar-refractivity contribution is -0.103. The molecule has 3 unspecified atom stereocenters.